The van der Waals surface area contributed by atoms with Crippen molar-refractivity contribution < 1.29 is 19.1 Å². The fourth-order valence-electron chi connectivity index (χ4n) is 4.63. The van der Waals surface area contributed by atoms with Crippen molar-refractivity contribution >= 4 is 22.6 Å². The lowest BCUT2D eigenvalue weighted by atomic mass is 9.89. The highest BCUT2D eigenvalue weighted by atomic mass is 16.5. The van der Waals surface area contributed by atoms with Gasteiger partial charge in [0, 0.05) is 41.7 Å². The molecule has 0 bridgehead atoms. The Morgan fingerprint density at radius 2 is 1.88 bits per heavy atom. The number of benzene rings is 2. The van der Waals surface area contributed by atoms with Gasteiger partial charge in [0.15, 0.2) is 17.3 Å². The van der Waals surface area contributed by atoms with Crippen molar-refractivity contribution in [3.63, 3.8) is 0 Å². The summed E-state index contributed by atoms with van der Waals surface area (Å²) in [6.07, 6.45) is 3.84. The predicted octanol–water partition coefficient (Wildman–Crippen LogP) is 3.24. The third-order valence-electron chi connectivity index (χ3n) is 6.14. The van der Waals surface area contributed by atoms with Crippen LogP contribution in [0.3, 0.4) is 0 Å². The number of carbonyl (C=O) groups excluding carboxylic acids is 2. The van der Waals surface area contributed by atoms with E-state index in [4.69, 9.17) is 15.2 Å². The molecule has 1 aliphatic rings. The number of hydrogen-bond acceptors (Lipinski definition) is 5. The van der Waals surface area contributed by atoms with Crippen LogP contribution in [0.4, 0.5) is 0 Å². The zero-order valence-electron chi connectivity index (χ0n) is 18.5. The Morgan fingerprint density at radius 1 is 1.09 bits per heavy atom. The topological polar surface area (TPSA) is 86.8 Å². The number of nitrogens with zero attached hydrogens (tertiary/aromatic N) is 2. The van der Waals surface area contributed by atoms with Crippen LogP contribution in [0.15, 0.2) is 48.7 Å². The van der Waals surface area contributed by atoms with Crippen LogP contribution in [0.25, 0.3) is 10.9 Å². The Bertz CT molecular complexity index is 1140. The summed E-state index contributed by atoms with van der Waals surface area (Å²) in [6, 6.07) is 13.4. The highest BCUT2D eigenvalue weighted by molar-refractivity contribution is 5.98. The SMILES string of the molecule is COc1ccc(C(=O)[C@@H]2CCCN(Cc3cn(CC(N)=O)c4ccccc34)C2)cc1OC. The molecular weight excluding hydrogens is 406 g/mol. The second-order valence-corrected chi connectivity index (χ2v) is 8.27. The summed E-state index contributed by atoms with van der Waals surface area (Å²) in [4.78, 5) is 27.0. The van der Waals surface area contributed by atoms with Crippen molar-refractivity contribution in [2.24, 2.45) is 11.7 Å². The third kappa shape index (κ3) is 4.48. The number of ether oxygens (including phenoxy) is 2. The molecule has 4 rings (SSSR count). The number of rotatable bonds is 8. The Balaban J connectivity index is 1.51. The molecule has 7 heteroatoms. The normalized spacial score (nSPS) is 16.8. The van der Waals surface area contributed by atoms with Crippen LogP contribution < -0.4 is 15.2 Å². The minimum absolute atomic E-state index is 0.0687. The summed E-state index contributed by atoms with van der Waals surface area (Å²) in [5, 5.41) is 1.11. The number of hydrogen-bond donors (Lipinski definition) is 1. The van der Waals surface area contributed by atoms with Crippen molar-refractivity contribution in [3.05, 3.63) is 59.8 Å². The van der Waals surface area contributed by atoms with Gasteiger partial charge in [0.25, 0.3) is 0 Å². The van der Waals surface area contributed by atoms with Crippen molar-refractivity contribution in [2.45, 2.75) is 25.9 Å². The molecule has 0 spiro atoms. The number of fused-ring (bicyclic) bond motifs is 1. The lowest BCUT2D eigenvalue weighted by Gasteiger charge is -2.32. The summed E-state index contributed by atoms with van der Waals surface area (Å²) in [6.45, 7) is 2.51. The molecule has 3 aromatic rings. The van der Waals surface area contributed by atoms with Gasteiger partial charge in [-0.2, -0.15) is 0 Å². The first-order valence-electron chi connectivity index (χ1n) is 10.8. The van der Waals surface area contributed by atoms with E-state index in [2.05, 4.69) is 11.0 Å². The Morgan fingerprint density at radius 3 is 2.62 bits per heavy atom. The van der Waals surface area contributed by atoms with Crippen LogP contribution in [0, 0.1) is 5.92 Å². The highest BCUT2D eigenvalue weighted by Crippen LogP contribution is 2.31. The van der Waals surface area contributed by atoms with Crippen LogP contribution in [-0.2, 0) is 17.9 Å². The molecule has 7 nitrogen and oxygen atoms in total. The van der Waals surface area contributed by atoms with Crippen molar-refractivity contribution in [1.29, 1.82) is 0 Å². The van der Waals surface area contributed by atoms with Gasteiger partial charge in [0.2, 0.25) is 5.91 Å². The number of ketones is 1. The van der Waals surface area contributed by atoms with Gasteiger partial charge in [-0.15, -0.1) is 0 Å². The molecule has 2 N–H and O–H groups in total. The van der Waals surface area contributed by atoms with Crippen LogP contribution in [0.1, 0.15) is 28.8 Å². The predicted molar refractivity (Wildman–Crippen MR) is 123 cm³/mol. The Hall–Kier alpha value is -3.32. The molecule has 1 fully saturated rings. The molecule has 0 aliphatic carbocycles. The zero-order chi connectivity index (χ0) is 22.7. The second kappa shape index (κ2) is 9.44. The number of likely N-dealkylation sites (tertiary alicyclic amines) is 1. The van der Waals surface area contributed by atoms with E-state index in [1.807, 2.05) is 29.0 Å². The average molecular weight is 436 g/mol. The van der Waals surface area contributed by atoms with Crippen molar-refractivity contribution in [3.8, 4) is 11.5 Å². The first kappa shape index (κ1) is 21.9. The smallest absolute Gasteiger partial charge is 0.237 e. The van der Waals surface area contributed by atoms with Gasteiger partial charge in [-0.05, 0) is 49.2 Å². The van der Waals surface area contributed by atoms with E-state index < -0.39 is 0 Å². The molecule has 1 atom stereocenters. The fourth-order valence-corrected chi connectivity index (χ4v) is 4.63. The number of methoxy groups -OCH3 is 2. The highest BCUT2D eigenvalue weighted by Gasteiger charge is 2.28. The van der Waals surface area contributed by atoms with Crippen molar-refractivity contribution in [1.82, 2.24) is 9.47 Å². The monoisotopic (exact) mass is 435 g/mol. The first-order chi connectivity index (χ1) is 15.5. The number of para-hydroxylation sites is 1. The lowest BCUT2D eigenvalue weighted by Crippen LogP contribution is -2.38. The molecule has 0 unspecified atom stereocenters. The number of primary amides is 1. The quantitative estimate of drug-likeness (QED) is 0.549. The number of amides is 1. The molecule has 2 heterocycles. The molecule has 168 valence electrons. The van der Waals surface area contributed by atoms with Crippen LogP contribution in [0.2, 0.25) is 0 Å². The molecule has 2 aromatic carbocycles. The Kier molecular flexibility index (Phi) is 6.46. The van der Waals surface area contributed by atoms with Gasteiger partial charge in [-0.1, -0.05) is 18.2 Å². The maximum atomic E-state index is 13.2. The molecule has 1 amide bonds. The average Bonchev–Trinajstić information content (AvgIpc) is 3.14. The van der Waals surface area contributed by atoms with E-state index in [0.717, 1.165) is 42.4 Å². The molecule has 1 aromatic heterocycles. The maximum Gasteiger partial charge on any atom is 0.237 e. The molecule has 1 aliphatic heterocycles. The van der Waals surface area contributed by atoms with Gasteiger partial charge in [0.1, 0.15) is 6.54 Å². The minimum Gasteiger partial charge on any atom is -0.493 e. The van der Waals surface area contributed by atoms with Gasteiger partial charge in [-0.3, -0.25) is 14.5 Å². The van der Waals surface area contributed by atoms with Gasteiger partial charge >= 0.3 is 0 Å². The summed E-state index contributed by atoms with van der Waals surface area (Å²) < 4.78 is 12.6. The second-order valence-electron chi connectivity index (χ2n) is 8.27. The molecule has 0 saturated carbocycles. The van der Waals surface area contributed by atoms with Gasteiger partial charge in [0.05, 0.1) is 14.2 Å². The summed E-state index contributed by atoms with van der Waals surface area (Å²) in [5.41, 5.74) is 8.21. The third-order valence-corrected chi connectivity index (χ3v) is 6.14. The standard InChI is InChI=1S/C25H29N3O4/c1-31-22-10-9-17(12-23(22)32-2)25(30)18-6-5-11-27(13-18)14-19-15-28(16-24(26)29)21-8-4-3-7-20(19)21/h3-4,7-10,12,15,18H,5-6,11,13-14,16H2,1-2H3,(H2,26,29)/t18-/m1/s1. The molecule has 0 radical (unpaired) electrons. The maximum absolute atomic E-state index is 13.2. The zero-order valence-corrected chi connectivity index (χ0v) is 18.5. The van der Waals surface area contributed by atoms with E-state index in [9.17, 15) is 9.59 Å². The Labute approximate surface area is 187 Å². The molecular formula is C25H29N3O4. The molecule has 1 saturated heterocycles. The number of aromatic nitrogens is 1. The van der Waals surface area contributed by atoms with Gasteiger partial charge < -0.3 is 19.8 Å². The van der Waals surface area contributed by atoms with E-state index in [0.29, 0.717) is 23.6 Å². The van der Waals surface area contributed by atoms with E-state index in [1.165, 1.54) is 0 Å². The van der Waals surface area contributed by atoms with E-state index in [1.54, 1.807) is 32.4 Å². The summed E-state index contributed by atoms with van der Waals surface area (Å²) >= 11 is 0. The van der Waals surface area contributed by atoms with E-state index in [-0.39, 0.29) is 24.2 Å². The van der Waals surface area contributed by atoms with Crippen LogP contribution in [0.5, 0.6) is 11.5 Å². The largest absolute Gasteiger partial charge is 0.493 e. The number of nitrogens with two attached hydrogens (primary N) is 1. The van der Waals surface area contributed by atoms with Crippen molar-refractivity contribution in [2.75, 3.05) is 27.3 Å². The van der Waals surface area contributed by atoms with Crippen LogP contribution in [-0.4, -0.2) is 48.5 Å². The fraction of sp³-hybridized carbons (Fsp3) is 0.360. The van der Waals surface area contributed by atoms with Crippen LogP contribution >= 0.6 is 0 Å². The number of carbonyl (C=O) groups is 2. The summed E-state index contributed by atoms with van der Waals surface area (Å²) in [5.74, 6) is 0.874. The number of Topliss-reactive ketones (excluding diaryl/α,β-unsaturated/α-hetero) is 1. The van der Waals surface area contributed by atoms with Gasteiger partial charge in [-0.25, -0.2) is 0 Å². The van der Waals surface area contributed by atoms with E-state index >= 15 is 0 Å². The first-order valence-corrected chi connectivity index (χ1v) is 10.8. The minimum atomic E-state index is -0.365. The summed E-state index contributed by atoms with van der Waals surface area (Å²) in [7, 11) is 3.15. The lowest BCUT2D eigenvalue weighted by molar-refractivity contribution is -0.118. The molecule has 32 heavy (non-hydrogen) atoms. The number of piperidine rings is 1.